The van der Waals surface area contributed by atoms with E-state index in [0.29, 0.717) is 12.3 Å². The van der Waals surface area contributed by atoms with Crippen LogP contribution in [0.5, 0.6) is 0 Å². The second kappa shape index (κ2) is 4.11. The van der Waals surface area contributed by atoms with Crippen LogP contribution in [0.3, 0.4) is 0 Å². The highest BCUT2D eigenvalue weighted by molar-refractivity contribution is 7.18. The van der Waals surface area contributed by atoms with Crippen molar-refractivity contribution in [3.63, 3.8) is 0 Å². The first kappa shape index (κ1) is 10.7. The highest BCUT2D eigenvalue weighted by Gasteiger charge is 2.26. The minimum atomic E-state index is 0.237. The van der Waals surface area contributed by atoms with Gasteiger partial charge in [0, 0.05) is 25.9 Å². The Balaban J connectivity index is 1.91. The molecule has 4 heteroatoms. The molecule has 0 aliphatic carbocycles. The number of carbonyl (C=O) groups excluding carboxylic acids is 1. The number of fused-ring (bicyclic) bond motifs is 1. The van der Waals surface area contributed by atoms with Crippen LogP contribution < -0.4 is 0 Å². The van der Waals surface area contributed by atoms with E-state index in [4.69, 9.17) is 0 Å². The smallest absolute Gasteiger partial charge is 0.223 e. The van der Waals surface area contributed by atoms with Crippen LogP contribution in [-0.4, -0.2) is 29.4 Å². The summed E-state index contributed by atoms with van der Waals surface area (Å²) in [5.41, 5.74) is 1.05. The van der Waals surface area contributed by atoms with Gasteiger partial charge in [-0.2, -0.15) is 0 Å². The van der Waals surface area contributed by atoms with E-state index in [9.17, 15) is 4.79 Å². The average molecular weight is 246 g/mol. The van der Waals surface area contributed by atoms with E-state index in [1.54, 1.807) is 11.3 Å². The maximum absolute atomic E-state index is 11.7. The van der Waals surface area contributed by atoms with Crippen molar-refractivity contribution in [2.75, 3.05) is 13.6 Å². The molecule has 3 rings (SSSR count). The predicted molar refractivity (Wildman–Crippen MR) is 69.2 cm³/mol. The Morgan fingerprint density at radius 2 is 2.24 bits per heavy atom. The third kappa shape index (κ3) is 1.93. The summed E-state index contributed by atoms with van der Waals surface area (Å²) in [4.78, 5) is 18.1. The molecule has 2 aromatic rings. The van der Waals surface area contributed by atoms with Crippen molar-refractivity contribution in [1.82, 2.24) is 9.88 Å². The number of para-hydroxylation sites is 1. The summed E-state index contributed by atoms with van der Waals surface area (Å²) in [6.45, 7) is 0.847. The van der Waals surface area contributed by atoms with Gasteiger partial charge in [0.15, 0.2) is 0 Å². The Labute approximate surface area is 104 Å². The third-order valence-electron chi connectivity index (χ3n) is 3.32. The van der Waals surface area contributed by atoms with Crippen LogP contribution in [0.4, 0.5) is 0 Å². The summed E-state index contributed by atoms with van der Waals surface area (Å²) >= 11 is 1.73. The maximum atomic E-state index is 11.7. The van der Waals surface area contributed by atoms with Crippen molar-refractivity contribution in [1.29, 1.82) is 0 Å². The number of likely N-dealkylation sites (tertiary alicyclic amines) is 1. The Bertz CT molecular complexity index is 530. The number of carbonyl (C=O) groups is 1. The van der Waals surface area contributed by atoms with E-state index >= 15 is 0 Å². The number of hydrogen-bond donors (Lipinski definition) is 0. The van der Waals surface area contributed by atoms with Gasteiger partial charge in [-0.25, -0.2) is 4.98 Å². The van der Waals surface area contributed by atoms with E-state index in [-0.39, 0.29) is 5.91 Å². The van der Waals surface area contributed by atoms with E-state index in [1.807, 2.05) is 30.1 Å². The van der Waals surface area contributed by atoms with Gasteiger partial charge in [-0.1, -0.05) is 12.1 Å². The maximum Gasteiger partial charge on any atom is 0.223 e. The third-order valence-corrected chi connectivity index (χ3v) is 4.52. The summed E-state index contributed by atoms with van der Waals surface area (Å²) in [5, 5.41) is 1.12. The SMILES string of the molecule is CN1CC[C@H](c2nc3ccccc3s2)CC1=O. The highest BCUT2D eigenvalue weighted by Crippen LogP contribution is 2.33. The van der Waals surface area contributed by atoms with E-state index < -0.39 is 0 Å². The molecular weight excluding hydrogens is 232 g/mol. The molecule has 0 unspecified atom stereocenters. The van der Waals surface area contributed by atoms with Gasteiger partial charge in [0.05, 0.1) is 15.2 Å². The lowest BCUT2D eigenvalue weighted by Gasteiger charge is -2.27. The molecule has 1 aromatic heterocycles. The van der Waals surface area contributed by atoms with Crippen molar-refractivity contribution in [3.05, 3.63) is 29.3 Å². The van der Waals surface area contributed by atoms with Gasteiger partial charge in [-0.15, -0.1) is 11.3 Å². The molecule has 88 valence electrons. The molecule has 1 fully saturated rings. The first-order valence-electron chi connectivity index (χ1n) is 5.83. The summed E-state index contributed by atoms with van der Waals surface area (Å²) in [7, 11) is 1.87. The number of amides is 1. The minimum Gasteiger partial charge on any atom is -0.346 e. The first-order valence-corrected chi connectivity index (χ1v) is 6.65. The standard InChI is InChI=1S/C13H14N2OS/c1-15-7-6-9(8-12(15)16)13-14-10-4-2-3-5-11(10)17-13/h2-5,9H,6-8H2,1H3/t9-/m0/s1. The van der Waals surface area contributed by atoms with Gasteiger partial charge in [0.25, 0.3) is 0 Å². The molecule has 0 N–H and O–H groups in total. The number of aromatic nitrogens is 1. The van der Waals surface area contributed by atoms with Crippen LogP contribution in [-0.2, 0) is 4.79 Å². The summed E-state index contributed by atoms with van der Waals surface area (Å²) in [6, 6.07) is 8.16. The zero-order chi connectivity index (χ0) is 11.8. The van der Waals surface area contributed by atoms with Crippen LogP contribution in [0.1, 0.15) is 23.8 Å². The van der Waals surface area contributed by atoms with Crippen molar-refractivity contribution >= 4 is 27.5 Å². The number of rotatable bonds is 1. The van der Waals surface area contributed by atoms with Gasteiger partial charge in [0.1, 0.15) is 0 Å². The lowest BCUT2D eigenvalue weighted by Crippen LogP contribution is -2.34. The fourth-order valence-corrected chi connectivity index (χ4v) is 3.32. The predicted octanol–water partition coefficient (Wildman–Crippen LogP) is 2.63. The number of benzene rings is 1. The molecule has 1 aliphatic rings. The van der Waals surface area contributed by atoms with E-state index in [1.165, 1.54) is 4.70 Å². The van der Waals surface area contributed by atoms with Crippen LogP contribution in [0, 0.1) is 0 Å². The second-order valence-corrected chi connectivity index (χ2v) is 5.59. The van der Waals surface area contributed by atoms with E-state index in [0.717, 1.165) is 23.5 Å². The number of piperidine rings is 1. The monoisotopic (exact) mass is 246 g/mol. The average Bonchev–Trinajstić information content (AvgIpc) is 2.76. The Morgan fingerprint density at radius 1 is 1.41 bits per heavy atom. The molecule has 17 heavy (non-hydrogen) atoms. The molecule has 0 saturated carbocycles. The second-order valence-electron chi connectivity index (χ2n) is 4.52. The lowest BCUT2D eigenvalue weighted by atomic mass is 9.97. The van der Waals surface area contributed by atoms with Crippen LogP contribution >= 0.6 is 11.3 Å². The molecule has 0 radical (unpaired) electrons. The van der Waals surface area contributed by atoms with Gasteiger partial charge in [-0.3, -0.25) is 4.79 Å². The molecule has 1 amide bonds. The molecule has 1 aromatic carbocycles. The Kier molecular flexibility index (Phi) is 2.59. The van der Waals surface area contributed by atoms with Gasteiger partial charge in [-0.05, 0) is 18.6 Å². The van der Waals surface area contributed by atoms with E-state index in [2.05, 4.69) is 11.1 Å². The summed E-state index contributed by atoms with van der Waals surface area (Å²) in [5.74, 6) is 0.552. The molecule has 1 atom stereocenters. The molecule has 0 bridgehead atoms. The molecule has 2 heterocycles. The van der Waals surface area contributed by atoms with Crippen LogP contribution in [0.15, 0.2) is 24.3 Å². The molecule has 0 spiro atoms. The van der Waals surface area contributed by atoms with Crippen molar-refractivity contribution < 1.29 is 4.79 Å². The zero-order valence-corrected chi connectivity index (χ0v) is 10.5. The van der Waals surface area contributed by atoms with Crippen LogP contribution in [0.25, 0.3) is 10.2 Å². The van der Waals surface area contributed by atoms with Gasteiger partial charge < -0.3 is 4.90 Å². The first-order chi connectivity index (χ1) is 8.24. The molecule has 1 aliphatic heterocycles. The van der Waals surface area contributed by atoms with Crippen molar-refractivity contribution in [3.8, 4) is 0 Å². The highest BCUT2D eigenvalue weighted by atomic mass is 32.1. The normalized spacial score (nSPS) is 21.1. The number of nitrogens with zero attached hydrogens (tertiary/aromatic N) is 2. The summed E-state index contributed by atoms with van der Waals surface area (Å²) in [6.07, 6.45) is 1.64. The molecule has 3 nitrogen and oxygen atoms in total. The largest absolute Gasteiger partial charge is 0.346 e. The fourth-order valence-electron chi connectivity index (χ4n) is 2.22. The molecular formula is C13H14N2OS. The Hall–Kier alpha value is -1.42. The van der Waals surface area contributed by atoms with Crippen LogP contribution in [0.2, 0.25) is 0 Å². The van der Waals surface area contributed by atoms with Gasteiger partial charge in [0.2, 0.25) is 5.91 Å². The zero-order valence-electron chi connectivity index (χ0n) is 9.72. The van der Waals surface area contributed by atoms with Crippen molar-refractivity contribution in [2.24, 2.45) is 0 Å². The topological polar surface area (TPSA) is 33.2 Å². The van der Waals surface area contributed by atoms with Crippen molar-refractivity contribution in [2.45, 2.75) is 18.8 Å². The quantitative estimate of drug-likeness (QED) is 0.775. The lowest BCUT2D eigenvalue weighted by molar-refractivity contribution is -0.132. The molecule has 1 saturated heterocycles. The van der Waals surface area contributed by atoms with Gasteiger partial charge >= 0.3 is 0 Å². The number of thiazole rings is 1. The fraction of sp³-hybridized carbons (Fsp3) is 0.385. The number of hydrogen-bond acceptors (Lipinski definition) is 3. The Morgan fingerprint density at radius 3 is 3.00 bits per heavy atom. The minimum absolute atomic E-state index is 0.237. The summed E-state index contributed by atoms with van der Waals surface area (Å²) < 4.78 is 1.22.